The molecule has 0 aliphatic carbocycles. The molecule has 0 saturated heterocycles. The first kappa shape index (κ1) is 14.4. The first-order valence-corrected chi connectivity index (χ1v) is 5.49. The number of hydrogen-bond acceptors (Lipinski definition) is 4. The largest absolute Gasteiger partial charge is 0.465 e. The van der Waals surface area contributed by atoms with Crippen LogP contribution in [0.3, 0.4) is 0 Å². The number of carbonyl (C=O) groups excluding carboxylic acids is 1. The summed E-state index contributed by atoms with van der Waals surface area (Å²) in [5.41, 5.74) is -4.35. The zero-order valence-electron chi connectivity index (χ0n) is 9.46. The summed E-state index contributed by atoms with van der Waals surface area (Å²) in [5, 5.41) is 8.83. The molecule has 1 aromatic rings. The van der Waals surface area contributed by atoms with Crippen LogP contribution in [0.15, 0.2) is 17.0 Å². The van der Waals surface area contributed by atoms with Crippen molar-refractivity contribution in [1.29, 1.82) is 5.26 Å². The quantitative estimate of drug-likeness (QED) is 0.614. The number of carbonyl (C=O) groups is 1. The van der Waals surface area contributed by atoms with Gasteiger partial charge in [-0.15, -0.1) is 0 Å². The average molecular weight is 275 g/mol. The second-order valence-corrected chi connectivity index (χ2v) is 4.40. The number of benzene rings is 1. The Kier molecular flexibility index (Phi) is 4.24. The van der Waals surface area contributed by atoms with Gasteiger partial charge in [0.05, 0.1) is 24.3 Å². The molecule has 7 heteroatoms. The molecule has 0 radical (unpaired) electrons. The highest BCUT2D eigenvalue weighted by molar-refractivity contribution is 8.00. The average Bonchev–Trinajstić information content (AvgIpc) is 2.29. The lowest BCUT2D eigenvalue weighted by atomic mass is 10.1. The van der Waals surface area contributed by atoms with E-state index in [1.807, 2.05) is 0 Å². The molecule has 18 heavy (non-hydrogen) atoms. The Balaban J connectivity index is 3.33. The number of nitriles is 1. The van der Waals surface area contributed by atoms with Crippen LogP contribution in [0.25, 0.3) is 0 Å². The van der Waals surface area contributed by atoms with E-state index in [-0.39, 0.29) is 33.3 Å². The molecule has 0 saturated carbocycles. The van der Waals surface area contributed by atoms with Crippen molar-refractivity contribution < 1.29 is 22.7 Å². The molecule has 0 bridgehead atoms. The fraction of sp³-hybridized carbons (Fsp3) is 0.273. The van der Waals surface area contributed by atoms with Gasteiger partial charge in [0.15, 0.2) is 0 Å². The van der Waals surface area contributed by atoms with Gasteiger partial charge in [0.2, 0.25) is 0 Å². The van der Waals surface area contributed by atoms with Crippen LogP contribution in [0.4, 0.5) is 13.2 Å². The summed E-state index contributed by atoms with van der Waals surface area (Å²) in [6, 6.07) is 4.03. The summed E-state index contributed by atoms with van der Waals surface area (Å²) in [4.78, 5) is 11.1. The Morgan fingerprint density at radius 1 is 1.44 bits per heavy atom. The highest BCUT2D eigenvalue weighted by Crippen LogP contribution is 2.39. The Morgan fingerprint density at radius 2 is 2.06 bits per heavy atom. The number of rotatable bonds is 2. The van der Waals surface area contributed by atoms with Crippen molar-refractivity contribution in [3.8, 4) is 6.07 Å². The minimum Gasteiger partial charge on any atom is -0.465 e. The summed E-state index contributed by atoms with van der Waals surface area (Å²) >= 11 is -0.360. The number of alkyl halides is 3. The van der Waals surface area contributed by atoms with Gasteiger partial charge in [-0.1, -0.05) is 0 Å². The zero-order valence-corrected chi connectivity index (χ0v) is 10.3. The highest BCUT2D eigenvalue weighted by Gasteiger charge is 2.31. The fourth-order valence-electron chi connectivity index (χ4n) is 1.27. The Hall–Kier alpha value is -1.68. The number of ether oxygens (including phenoxy) is 1. The van der Waals surface area contributed by atoms with Crippen molar-refractivity contribution in [1.82, 2.24) is 0 Å². The van der Waals surface area contributed by atoms with E-state index in [1.54, 1.807) is 6.07 Å². The van der Waals surface area contributed by atoms with Crippen LogP contribution in [-0.2, 0) is 4.74 Å². The Bertz CT molecular complexity index is 520. The van der Waals surface area contributed by atoms with Gasteiger partial charge < -0.3 is 4.74 Å². The lowest BCUT2D eigenvalue weighted by Gasteiger charge is -2.11. The Labute approximate surface area is 106 Å². The molecule has 0 aromatic heterocycles. The number of nitrogens with zero attached hydrogens (tertiary/aromatic N) is 1. The van der Waals surface area contributed by atoms with E-state index in [1.165, 1.54) is 13.0 Å². The molecule has 3 nitrogen and oxygen atoms in total. The second kappa shape index (κ2) is 5.31. The molecule has 1 aromatic carbocycles. The van der Waals surface area contributed by atoms with Crippen LogP contribution in [0.1, 0.15) is 21.5 Å². The van der Waals surface area contributed by atoms with E-state index in [0.29, 0.717) is 0 Å². The number of esters is 1. The van der Waals surface area contributed by atoms with Gasteiger partial charge in [0.25, 0.3) is 0 Å². The van der Waals surface area contributed by atoms with E-state index < -0.39 is 11.5 Å². The molecule has 1 rings (SSSR count). The van der Waals surface area contributed by atoms with Crippen LogP contribution in [0, 0.1) is 18.3 Å². The van der Waals surface area contributed by atoms with Crippen molar-refractivity contribution in [3.05, 3.63) is 28.8 Å². The molecule has 0 aliphatic heterocycles. The van der Waals surface area contributed by atoms with Crippen LogP contribution in [-0.4, -0.2) is 18.6 Å². The first-order chi connectivity index (χ1) is 8.28. The van der Waals surface area contributed by atoms with Gasteiger partial charge in [0.1, 0.15) is 0 Å². The van der Waals surface area contributed by atoms with Gasteiger partial charge in [-0.25, -0.2) is 4.79 Å². The topological polar surface area (TPSA) is 50.1 Å². The highest BCUT2D eigenvalue weighted by atomic mass is 32.2. The number of hydrogen-bond donors (Lipinski definition) is 0. The van der Waals surface area contributed by atoms with E-state index >= 15 is 0 Å². The fourth-order valence-corrected chi connectivity index (χ4v) is 1.97. The molecular weight excluding hydrogens is 267 g/mol. The molecular formula is C11H8F3NO2S. The summed E-state index contributed by atoms with van der Waals surface area (Å²) in [7, 11) is 1.12. The third-order valence-corrected chi connectivity index (χ3v) is 3.00. The molecule has 0 unspecified atom stereocenters. The van der Waals surface area contributed by atoms with Gasteiger partial charge in [-0.3, -0.25) is 0 Å². The molecule has 0 aliphatic rings. The van der Waals surface area contributed by atoms with Crippen molar-refractivity contribution in [2.45, 2.75) is 17.3 Å². The van der Waals surface area contributed by atoms with E-state index in [4.69, 9.17) is 5.26 Å². The predicted octanol–water partition coefficient (Wildman–Crippen LogP) is 3.27. The standard InChI is InChI=1S/C11H8F3NO2S/c1-6-8(5-15)3-7(10(16)17-2)4-9(6)18-11(12,13)14/h3-4H,1-2H3. The number of halogens is 3. The second-order valence-electron chi connectivity index (χ2n) is 3.30. The SMILES string of the molecule is COC(=O)c1cc(C#N)c(C)c(SC(F)(F)F)c1. The maximum absolute atomic E-state index is 12.3. The van der Waals surface area contributed by atoms with E-state index in [0.717, 1.165) is 13.2 Å². The third kappa shape index (κ3) is 3.40. The van der Waals surface area contributed by atoms with Gasteiger partial charge in [0, 0.05) is 4.90 Å². The minimum atomic E-state index is -4.48. The van der Waals surface area contributed by atoms with Crippen LogP contribution in [0.2, 0.25) is 0 Å². The maximum atomic E-state index is 12.3. The van der Waals surface area contributed by atoms with Crippen LogP contribution in [0.5, 0.6) is 0 Å². The van der Waals surface area contributed by atoms with Crippen molar-refractivity contribution in [2.75, 3.05) is 7.11 Å². The number of thioether (sulfide) groups is 1. The molecule has 0 heterocycles. The van der Waals surface area contributed by atoms with Crippen molar-refractivity contribution in [2.24, 2.45) is 0 Å². The lowest BCUT2D eigenvalue weighted by Crippen LogP contribution is -2.06. The zero-order chi connectivity index (χ0) is 13.9. The molecule has 0 spiro atoms. The Morgan fingerprint density at radius 3 is 2.50 bits per heavy atom. The van der Waals surface area contributed by atoms with Crippen LogP contribution < -0.4 is 0 Å². The lowest BCUT2D eigenvalue weighted by molar-refractivity contribution is -0.0328. The molecule has 96 valence electrons. The van der Waals surface area contributed by atoms with Gasteiger partial charge >= 0.3 is 11.5 Å². The summed E-state index contributed by atoms with van der Waals surface area (Å²) in [5.74, 6) is -0.782. The van der Waals surface area contributed by atoms with Crippen molar-refractivity contribution >= 4 is 17.7 Å². The van der Waals surface area contributed by atoms with Crippen molar-refractivity contribution in [3.63, 3.8) is 0 Å². The molecule has 0 N–H and O–H groups in total. The first-order valence-electron chi connectivity index (χ1n) is 4.67. The normalized spacial score (nSPS) is 10.9. The third-order valence-electron chi connectivity index (χ3n) is 2.13. The van der Waals surface area contributed by atoms with Crippen LogP contribution >= 0.6 is 11.8 Å². The smallest absolute Gasteiger partial charge is 0.446 e. The van der Waals surface area contributed by atoms with Gasteiger partial charge in [-0.2, -0.15) is 18.4 Å². The molecule has 0 amide bonds. The predicted molar refractivity (Wildman–Crippen MR) is 59.1 cm³/mol. The van der Waals surface area contributed by atoms with E-state index in [9.17, 15) is 18.0 Å². The molecule has 0 fully saturated rings. The minimum absolute atomic E-state index is 0.0182. The van der Waals surface area contributed by atoms with Gasteiger partial charge in [-0.05, 0) is 36.4 Å². The summed E-state index contributed by atoms with van der Waals surface area (Å²) < 4.78 is 41.4. The number of methoxy groups -OCH3 is 1. The van der Waals surface area contributed by atoms with E-state index in [2.05, 4.69) is 4.74 Å². The molecule has 0 atom stereocenters. The maximum Gasteiger partial charge on any atom is 0.446 e. The summed E-state index contributed by atoms with van der Waals surface area (Å²) in [6.45, 7) is 1.40. The summed E-state index contributed by atoms with van der Waals surface area (Å²) in [6.07, 6.45) is 0. The monoisotopic (exact) mass is 275 g/mol.